The summed E-state index contributed by atoms with van der Waals surface area (Å²) in [5, 5.41) is 13.7. The molecule has 0 saturated carbocycles. The van der Waals surface area contributed by atoms with Gasteiger partial charge in [0.25, 0.3) is 0 Å². The van der Waals surface area contributed by atoms with Gasteiger partial charge >= 0.3 is 0 Å². The van der Waals surface area contributed by atoms with Crippen molar-refractivity contribution in [2.45, 2.75) is 19.1 Å². The van der Waals surface area contributed by atoms with Crippen LogP contribution in [0.4, 0.5) is 0 Å². The van der Waals surface area contributed by atoms with Gasteiger partial charge in [0, 0.05) is 13.1 Å². The third-order valence-corrected chi connectivity index (χ3v) is 5.64. The molecule has 0 saturated heterocycles. The number of halogens is 2. The Labute approximate surface area is 222 Å². The van der Waals surface area contributed by atoms with Crippen molar-refractivity contribution in [1.82, 2.24) is 10.2 Å². The number of benzene rings is 3. The standard InChI is InChI=1S/C28H36N2O3.2ClH/c1-22(18-29-19-25(31)21-33-27-17-11-10-16-26(27)32-3)20-30(2)28(23-12-6-4-7-13-23)24-14-8-5-9-15-24;;/h4-17,22,25,28-29,31H,18-21H2,1-3H3;2*1H. The zero-order chi connectivity index (χ0) is 23.5. The summed E-state index contributed by atoms with van der Waals surface area (Å²) in [6, 6.07) is 28.9. The number of hydrogen-bond donors (Lipinski definition) is 2. The maximum atomic E-state index is 10.3. The summed E-state index contributed by atoms with van der Waals surface area (Å²) in [7, 11) is 3.79. The highest BCUT2D eigenvalue weighted by atomic mass is 35.5. The maximum Gasteiger partial charge on any atom is 0.161 e. The number of hydrogen-bond acceptors (Lipinski definition) is 5. The van der Waals surface area contributed by atoms with E-state index in [2.05, 4.69) is 84.9 Å². The number of nitrogens with zero attached hydrogens (tertiary/aromatic N) is 1. The average molecular weight is 522 g/mol. The highest BCUT2D eigenvalue weighted by molar-refractivity contribution is 5.85. The number of aliphatic hydroxyl groups is 1. The van der Waals surface area contributed by atoms with Gasteiger partial charge in [-0.3, -0.25) is 4.90 Å². The smallest absolute Gasteiger partial charge is 0.161 e. The van der Waals surface area contributed by atoms with E-state index in [0.29, 0.717) is 24.0 Å². The lowest BCUT2D eigenvalue weighted by atomic mass is 9.96. The Kier molecular flexibility index (Phi) is 14.4. The monoisotopic (exact) mass is 520 g/mol. The van der Waals surface area contributed by atoms with Crippen molar-refractivity contribution in [3.05, 3.63) is 96.1 Å². The van der Waals surface area contributed by atoms with Crippen LogP contribution in [0.15, 0.2) is 84.9 Å². The Morgan fingerprint density at radius 1 is 0.800 bits per heavy atom. The topological polar surface area (TPSA) is 54.0 Å². The molecule has 0 aromatic heterocycles. The molecule has 2 unspecified atom stereocenters. The molecule has 192 valence electrons. The fourth-order valence-electron chi connectivity index (χ4n) is 4.11. The van der Waals surface area contributed by atoms with Crippen LogP contribution >= 0.6 is 24.8 Å². The summed E-state index contributed by atoms with van der Waals surface area (Å²) >= 11 is 0. The summed E-state index contributed by atoms with van der Waals surface area (Å²) in [4.78, 5) is 2.40. The third kappa shape index (κ3) is 9.71. The summed E-state index contributed by atoms with van der Waals surface area (Å²) in [6.07, 6.45) is -0.596. The quantitative estimate of drug-likeness (QED) is 0.323. The minimum atomic E-state index is -0.596. The van der Waals surface area contributed by atoms with Gasteiger partial charge in [0.15, 0.2) is 11.5 Å². The van der Waals surface area contributed by atoms with Crippen LogP contribution in [0, 0.1) is 5.92 Å². The lowest BCUT2D eigenvalue weighted by Crippen LogP contribution is -2.37. The van der Waals surface area contributed by atoms with E-state index in [0.717, 1.165) is 13.1 Å². The molecule has 0 amide bonds. The third-order valence-electron chi connectivity index (χ3n) is 5.64. The summed E-state index contributed by atoms with van der Waals surface area (Å²) in [6.45, 7) is 4.66. The van der Waals surface area contributed by atoms with Gasteiger partial charge in [0.2, 0.25) is 0 Å². The number of aliphatic hydroxyl groups excluding tert-OH is 1. The van der Waals surface area contributed by atoms with Gasteiger partial charge in [-0.2, -0.15) is 0 Å². The van der Waals surface area contributed by atoms with Crippen molar-refractivity contribution in [1.29, 1.82) is 0 Å². The SMILES string of the molecule is COc1ccccc1OCC(O)CNCC(C)CN(C)C(c1ccccc1)c1ccccc1.Cl.Cl. The lowest BCUT2D eigenvalue weighted by Gasteiger charge is -2.31. The Morgan fingerprint density at radius 3 is 1.86 bits per heavy atom. The molecule has 2 atom stereocenters. The Hall–Kier alpha value is -2.28. The number of para-hydroxylation sites is 2. The number of ether oxygens (including phenoxy) is 2. The van der Waals surface area contributed by atoms with E-state index in [9.17, 15) is 5.11 Å². The second-order valence-corrected chi connectivity index (χ2v) is 8.54. The molecule has 0 fully saturated rings. The van der Waals surface area contributed by atoms with Gasteiger partial charge in [-0.25, -0.2) is 0 Å². The minimum Gasteiger partial charge on any atom is -0.493 e. The first-order valence-corrected chi connectivity index (χ1v) is 11.5. The molecule has 0 radical (unpaired) electrons. The molecular weight excluding hydrogens is 483 g/mol. The van der Waals surface area contributed by atoms with Gasteiger partial charge in [-0.15, -0.1) is 24.8 Å². The first kappa shape index (κ1) is 30.8. The van der Waals surface area contributed by atoms with Crippen LogP contribution in [0.1, 0.15) is 24.1 Å². The van der Waals surface area contributed by atoms with Crippen molar-refractivity contribution in [2.75, 3.05) is 40.4 Å². The fraction of sp³-hybridized carbons (Fsp3) is 0.357. The largest absolute Gasteiger partial charge is 0.493 e. The molecule has 2 N–H and O–H groups in total. The van der Waals surface area contributed by atoms with E-state index in [-0.39, 0.29) is 37.5 Å². The van der Waals surface area contributed by atoms with Crippen LogP contribution in [-0.2, 0) is 0 Å². The van der Waals surface area contributed by atoms with E-state index >= 15 is 0 Å². The van der Waals surface area contributed by atoms with Crippen molar-refractivity contribution < 1.29 is 14.6 Å². The minimum absolute atomic E-state index is 0. The maximum absolute atomic E-state index is 10.3. The van der Waals surface area contributed by atoms with Crippen LogP contribution in [0.5, 0.6) is 11.5 Å². The molecule has 7 heteroatoms. The zero-order valence-electron chi connectivity index (χ0n) is 20.7. The molecule has 0 aliphatic heterocycles. The van der Waals surface area contributed by atoms with Crippen LogP contribution < -0.4 is 14.8 Å². The molecule has 0 aliphatic rings. The second kappa shape index (κ2) is 16.4. The first-order valence-electron chi connectivity index (χ1n) is 11.5. The Balaban J connectivity index is 0.00000306. The van der Waals surface area contributed by atoms with Gasteiger partial charge in [0.05, 0.1) is 13.2 Å². The van der Waals surface area contributed by atoms with Crippen LogP contribution in [-0.4, -0.2) is 56.5 Å². The molecule has 0 heterocycles. The number of nitrogens with one attached hydrogen (secondary N) is 1. The van der Waals surface area contributed by atoms with E-state index in [1.165, 1.54) is 11.1 Å². The van der Waals surface area contributed by atoms with Crippen LogP contribution in [0.25, 0.3) is 0 Å². The summed E-state index contributed by atoms with van der Waals surface area (Å²) in [5.41, 5.74) is 2.57. The lowest BCUT2D eigenvalue weighted by molar-refractivity contribution is 0.103. The Morgan fingerprint density at radius 2 is 1.31 bits per heavy atom. The molecule has 3 aromatic carbocycles. The van der Waals surface area contributed by atoms with Crippen molar-refractivity contribution in [3.63, 3.8) is 0 Å². The van der Waals surface area contributed by atoms with Crippen molar-refractivity contribution >= 4 is 24.8 Å². The molecule has 35 heavy (non-hydrogen) atoms. The highest BCUT2D eigenvalue weighted by Crippen LogP contribution is 2.28. The second-order valence-electron chi connectivity index (χ2n) is 8.54. The normalized spacial score (nSPS) is 12.4. The number of methoxy groups -OCH3 is 1. The molecule has 5 nitrogen and oxygen atoms in total. The predicted octanol–water partition coefficient (Wildman–Crippen LogP) is 5.23. The first-order chi connectivity index (χ1) is 16.1. The van der Waals surface area contributed by atoms with Crippen molar-refractivity contribution in [2.24, 2.45) is 5.92 Å². The van der Waals surface area contributed by atoms with Gasteiger partial charge in [-0.1, -0.05) is 79.7 Å². The average Bonchev–Trinajstić information content (AvgIpc) is 2.84. The zero-order valence-corrected chi connectivity index (χ0v) is 22.3. The molecule has 3 aromatic rings. The van der Waals surface area contributed by atoms with Crippen molar-refractivity contribution in [3.8, 4) is 11.5 Å². The van der Waals surface area contributed by atoms with E-state index in [1.807, 2.05) is 24.3 Å². The highest BCUT2D eigenvalue weighted by Gasteiger charge is 2.20. The van der Waals surface area contributed by atoms with E-state index in [4.69, 9.17) is 9.47 Å². The van der Waals surface area contributed by atoms with Gasteiger partial charge < -0.3 is 19.9 Å². The molecular formula is C28H38Cl2N2O3. The van der Waals surface area contributed by atoms with Gasteiger partial charge in [-0.05, 0) is 42.8 Å². The number of rotatable bonds is 13. The van der Waals surface area contributed by atoms with E-state index < -0.39 is 6.10 Å². The fourth-order valence-corrected chi connectivity index (χ4v) is 4.11. The van der Waals surface area contributed by atoms with Crippen LogP contribution in [0.3, 0.4) is 0 Å². The molecule has 3 rings (SSSR count). The van der Waals surface area contributed by atoms with E-state index in [1.54, 1.807) is 7.11 Å². The summed E-state index contributed by atoms with van der Waals surface area (Å²) in [5.74, 6) is 1.72. The predicted molar refractivity (Wildman–Crippen MR) is 148 cm³/mol. The molecule has 0 spiro atoms. The van der Waals surface area contributed by atoms with Crippen LogP contribution in [0.2, 0.25) is 0 Å². The Bertz CT molecular complexity index is 908. The molecule has 0 bridgehead atoms. The van der Waals surface area contributed by atoms with Gasteiger partial charge in [0.1, 0.15) is 12.7 Å². The summed E-state index contributed by atoms with van der Waals surface area (Å²) < 4.78 is 11.0. The molecule has 0 aliphatic carbocycles.